The van der Waals surface area contributed by atoms with Crippen molar-refractivity contribution >= 4 is 11.9 Å². The fraction of sp³-hybridized carbons (Fsp3) is 0.429. The third-order valence-electron chi connectivity index (χ3n) is 3.26. The Balaban J connectivity index is 3.01. The fourth-order valence-corrected chi connectivity index (χ4v) is 1.73. The van der Waals surface area contributed by atoms with Crippen LogP contribution in [0.3, 0.4) is 0 Å². The highest BCUT2D eigenvalue weighted by Gasteiger charge is 2.27. The average Bonchev–Trinajstić information content (AvgIpc) is 2.38. The first-order valence-corrected chi connectivity index (χ1v) is 6.27. The first kappa shape index (κ1) is 16.1. The molecule has 0 aromatic heterocycles. The monoisotopic (exact) mass is 285 g/mol. The fourth-order valence-electron chi connectivity index (χ4n) is 1.73. The lowest BCUT2D eigenvalue weighted by atomic mass is 9.98. The van der Waals surface area contributed by atoms with Gasteiger partial charge in [0.15, 0.2) is 0 Å². The van der Waals surface area contributed by atoms with Gasteiger partial charge in [0.2, 0.25) is 0 Å². The Labute approximate surface area is 115 Å². The highest BCUT2D eigenvalue weighted by Crippen LogP contribution is 2.15. The van der Waals surface area contributed by atoms with Gasteiger partial charge < -0.3 is 10.4 Å². The van der Waals surface area contributed by atoms with Gasteiger partial charge in [0.25, 0.3) is 5.91 Å². The zero-order valence-corrected chi connectivity index (χ0v) is 11.5. The molecule has 0 heterocycles. The Hall–Kier alpha value is -1.98. The quantitative estimate of drug-likeness (QED) is 0.873. The number of carbonyl (C=O) groups is 2. The molecule has 4 nitrogen and oxygen atoms in total. The molecule has 1 rings (SSSR count). The molecule has 2 atom stereocenters. The van der Waals surface area contributed by atoms with E-state index in [0.29, 0.717) is 12.5 Å². The first-order valence-electron chi connectivity index (χ1n) is 6.27. The van der Waals surface area contributed by atoms with Crippen molar-refractivity contribution < 1.29 is 23.5 Å². The summed E-state index contributed by atoms with van der Waals surface area (Å²) < 4.78 is 26.7. The lowest BCUT2D eigenvalue weighted by Crippen LogP contribution is -2.45. The molecule has 0 saturated heterocycles. The highest BCUT2D eigenvalue weighted by molar-refractivity contribution is 5.97. The molecule has 110 valence electrons. The summed E-state index contributed by atoms with van der Waals surface area (Å²) in [5.74, 6) is -4.12. The van der Waals surface area contributed by atoms with Crippen LogP contribution in [0.2, 0.25) is 0 Å². The number of carbonyl (C=O) groups excluding carboxylic acids is 1. The number of carboxylic acids is 1. The predicted molar refractivity (Wildman–Crippen MR) is 69.4 cm³/mol. The van der Waals surface area contributed by atoms with Crippen LogP contribution in [0, 0.1) is 24.5 Å². The molecule has 0 fully saturated rings. The number of aliphatic carboxylic acids is 1. The van der Waals surface area contributed by atoms with Crippen molar-refractivity contribution in [2.45, 2.75) is 33.2 Å². The molecule has 1 aromatic rings. The molecule has 0 bridgehead atoms. The lowest BCUT2D eigenvalue weighted by Gasteiger charge is -2.20. The van der Waals surface area contributed by atoms with E-state index in [4.69, 9.17) is 5.11 Å². The molecule has 0 unspecified atom stereocenters. The van der Waals surface area contributed by atoms with Crippen LogP contribution in [0.5, 0.6) is 0 Å². The minimum absolute atomic E-state index is 0.118. The summed E-state index contributed by atoms with van der Waals surface area (Å²) in [5.41, 5.74) is -0.245. The highest BCUT2D eigenvalue weighted by atomic mass is 19.1. The molecule has 1 amide bonds. The minimum atomic E-state index is -1.19. The van der Waals surface area contributed by atoms with E-state index in [-0.39, 0.29) is 17.0 Å². The van der Waals surface area contributed by atoms with E-state index >= 15 is 0 Å². The van der Waals surface area contributed by atoms with Gasteiger partial charge in [0.05, 0.1) is 5.56 Å². The lowest BCUT2D eigenvalue weighted by molar-refractivity contribution is -0.140. The van der Waals surface area contributed by atoms with Gasteiger partial charge in [-0.2, -0.15) is 0 Å². The molecule has 0 aliphatic heterocycles. The Kier molecular flexibility index (Phi) is 5.19. The van der Waals surface area contributed by atoms with Crippen LogP contribution in [0.25, 0.3) is 0 Å². The number of benzene rings is 1. The Morgan fingerprint density at radius 1 is 1.30 bits per heavy atom. The third kappa shape index (κ3) is 3.53. The maximum absolute atomic E-state index is 13.6. The van der Waals surface area contributed by atoms with Gasteiger partial charge in [-0.1, -0.05) is 20.3 Å². The molecule has 6 heteroatoms. The van der Waals surface area contributed by atoms with Crippen LogP contribution in [0.15, 0.2) is 12.1 Å². The Bertz CT molecular complexity index is 531. The van der Waals surface area contributed by atoms with Crippen LogP contribution >= 0.6 is 0 Å². The number of rotatable bonds is 5. The maximum Gasteiger partial charge on any atom is 0.326 e. The summed E-state index contributed by atoms with van der Waals surface area (Å²) in [4.78, 5) is 23.0. The van der Waals surface area contributed by atoms with Crippen molar-refractivity contribution in [2.75, 3.05) is 0 Å². The van der Waals surface area contributed by atoms with Gasteiger partial charge in [0.1, 0.15) is 17.7 Å². The van der Waals surface area contributed by atoms with Crippen LogP contribution in [0.4, 0.5) is 8.78 Å². The number of carboxylic acid groups (broad SMARTS) is 1. The zero-order valence-electron chi connectivity index (χ0n) is 11.5. The van der Waals surface area contributed by atoms with Crippen molar-refractivity contribution in [1.82, 2.24) is 5.32 Å². The first-order chi connectivity index (χ1) is 9.27. The second-order valence-electron chi connectivity index (χ2n) is 4.76. The Morgan fingerprint density at radius 2 is 1.90 bits per heavy atom. The van der Waals surface area contributed by atoms with E-state index < -0.39 is 29.6 Å². The molecular formula is C14H17F2NO3. The van der Waals surface area contributed by atoms with E-state index in [0.717, 1.165) is 6.07 Å². The summed E-state index contributed by atoms with van der Waals surface area (Å²) in [5, 5.41) is 11.3. The predicted octanol–water partition coefficient (Wildman–Crippen LogP) is 2.50. The summed E-state index contributed by atoms with van der Waals surface area (Å²) in [6, 6.07) is 0.566. The van der Waals surface area contributed by atoms with E-state index in [1.807, 2.05) is 0 Å². The summed E-state index contributed by atoms with van der Waals surface area (Å²) in [6.45, 7) is 4.86. The number of aryl methyl sites for hydroxylation is 1. The number of hydrogen-bond acceptors (Lipinski definition) is 2. The molecule has 1 aromatic carbocycles. The van der Waals surface area contributed by atoms with Gasteiger partial charge in [-0.3, -0.25) is 4.79 Å². The van der Waals surface area contributed by atoms with Crippen molar-refractivity contribution in [3.63, 3.8) is 0 Å². The van der Waals surface area contributed by atoms with Gasteiger partial charge in [-0.25, -0.2) is 13.6 Å². The smallest absolute Gasteiger partial charge is 0.326 e. The number of hydrogen-bond donors (Lipinski definition) is 2. The van der Waals surface area contributed by atoms with E-state index in [1.165, 1.54) is 6.92 Å². The third-order valence-corrected chi connectivity index (χ3v) is 3.26. The van der Waals surface area contributed by atoms with Gasteiger partial charge >= 0.3 is 5.97 Å². The van der Waals surface area contributed by atoms with Crippen molar-refractivity contribution in [3.8, 4) is 0 Å². The van der Waals surface area contributed by atoms with Crippen LogP contribution in [-0.4, -0.2) is 23.0 Å². The normalized spacial score (nSPS) is 13.7. The van der Waals surface area contributed by atoms with Crippen molar-refractivity contribution in [2.24, 2.45) is 5.92 Å². The van der Waals surface area contributed by atoms with Crippen LogP contribution < -0.4 is 5.32 Å². The molecule has 2 N–H and O–H groups in total. The van der Waals surface area contributed by atoms with E-state index in [2.05, 4.69) is 5.32 Å². The number of amides is 1. The molecular weight excluding hydrogens is 268 g/mol. The summed E-state index contributed by atoms with van der Waals surface area (Å²) >= 11 is 0. The van der Waals surface area contributed by atoms with Gasteiger partial charge in [-0.15, -0.1) is 0 Å². The molecule has 0 radical (unpaired) electrons. The van der Waals surface area contributed by atoms with E-state index in [9.17, 15) is 18.4 Å². The standard InChI is InChI=1S/C14H17F2NO3/c1-4-7(2)12(14(19)20)17-13(18)9-5-8(3)10(15)6-11(9)16/h5-7,12H,4H2,1-3H3,(H,17,18)(H,19,20)/t7-,12-/m0/s1. The zero-order chi connectivity index (χ0) is 15.4. The molecule has 0 spiro atoms. The van der Waals surface area contributed by atoms with Crippen molar-refractivity contribution in [1.29, 1.82) is 0 Å². The molecule has 20 heavy (non-hydrogen) atoms. The SMILES string of the molecule is CC[C@H](C)[C@H](NC(=O)c1cc(C)c(F)cc1F)C(=O)O. The number of halogens is 2. The second-order valence-corrected chi connectivity index (χ2v) is 4.76. The number of nitrogens with one attached hydrogen (secondary N) is 1. The Morgan fingerprint density at radius 3 is 2.40 bits per heavy atom. The molecule has 0 aliphatic rings. The van der Waals surface area contributed by atoms with Crippen molar-refractivity contribution in [3.05, 3.63) is 34.9 Å². The largest absolute Gasteiger partial charge is 0.480 e. The molecule has 0 saturated carbocycles. The summed E-state index contributed by atoms with van der Waals surface area (Å²) in [7, 11) is 0. The maximum atomic E-state index is 13.6. The van der Waals surface area contributed by atoms with Gasteiger partial charge in [0, 0.05) is 6.07 Å². The average molecular weight is 285 g/mol. The van der Waals surface area contributed by atoms with E-state index in [1.54, 1.807) is 13.8 Å². The second kappa shape index (κ2) is 6.45. The van der Waals surface area contributed by atoms with Gasteiger partial charge in [-0.05, 0) is 24.5 Å². The van der Waals surface area contributed by atoms with Crippen LogP contribution in [0.1, 0.15) is 36.2 Å². The molecule has 0 aliphatic carbocycles. The summed E-state index contributed by atoms with van der Waals surface area (Å²) in [6.07, 6.45) is 0.544. The minimum Gasteiger partial charge on any atom is -0.480 e. The topological polar surface area (TPSA) is 66.4 Å². The van der Waals surface area contributed by atoms with Crippen LogP contribution in [-0.2, 0) is 4.79 Å².